The third-order valence-electron chi connectivity index (χ3n) is 3.58. The van der Waals surface area contributed by atoms with Crippen LogP contribution in [0, 0.1) is 0 Å². The molecule has 2 fully saturated rings. The summed E-state index contributed by atoms with van der Waals surface area (Å²) >= 11 is 0. The van der Waals surface area contributed by atoms with E-state index in [0.29, 0.717) is 30.6 Å². The number of allylic oxidation sites excluding steroid dienone is 1. The highest BCUT2D eigenvalue weighted by molar-refractivity contribution is 6.16. The molecule has 0 spiro atoms. The second-order valence-corrected chi connectivity index (χ2v) is 4.96. The minimum Gasteiger partial charge on any atom is -0.378 e. The molecule has 0 atom stereocenters. The van der Waals surface area contributed by atoms with E-state index in [-0.39, 0.29) is 18.1 Å². The maximum Gasteiger partial charge on any atom is 0.234 e. The Kier molecular flexibility index (Phi) is 3.66. The maximum absolute atomic E-state index is 11.8. The van der Waals surface area contributed by atoms with Crippen LogP contribution in [0.1, 0.15) is 12.1 Å². The number of carbonyl (C=O) groups excluding carboxylic acids is 2. The number of Topliss-reactive ketones (excluding diaryl/α,β-unsaturated/α-hetero) is 1. The highest BCUT2D eigenvalue weighted by atomic mass is 16.5. The molecule has 1 aromatic heterocycles. The molecule has 0 bridgehead atoms. The number of amides is 1. The van der Waals surface area contributed by atoms with Gasteiger partial charge in [-0.15, -0.1) is 0 Å². The minimum atomic E-state index is -0.186. The van der Waals surface area contributed by atoms with Crippen LogP contribution in [-0.4, -0.2) is 59.9 Å². The number of carbonyl (C=O) groups is 2. The Hall–Kier alpha value is -2.28. The van der Waals surface area contributed by atoms with Crippen molar-refractivity contribution >= 4 is 23.7 Å². The lowest BCUT2D eigenvalue weighted by atomic mass is 10.2. The monoisotopic (exact) mass is 288 g/mol. The number of anilines is 1. The zero-order valence-electron chi connectivity index (χ0n) is 11.8. The van der Waals surface area contributed by atoms with E-state index in [1.807, 2.05) is 4.90 Å². The largest absolute Gasteiger partial charge is 0.378 e. The number of ketones is 1. The topological polar surface area (TPSA) is 75.6 Å². The first-order valence-electron chi connectivity index (χ1n) is 6.82. The Labute approximate surface area is 122 Å². The molecular weight excluding hydrogens is 272 g/mol. The lowest BCUT2D eigenvalue weighted by Crippen LogP contribution is -2.37. The lowest BCUT2D eigenvalue weighted by molar-refractivity contribution is -0.126. The SMILES string of the molecule is CN1C(=O)CC(=O)/C1=C/c1ccnc(N2CCOCC2)n1. The molecule has 3 heterocycles. The van der Waals surface area contributed by atoms with E-state index in [2.05, 4.69) is 9.97 Å². The van der Waals surface area contributed by atoms with Crippen LogP contribution in [0.3, 0.4) is 0 Å². The Morgan fingerprint density at radius 1 is 1.29 bits per heavy atom. The number of ether oxygens (including phenoxy) is 1. The highest BCUT2D eigenvalue weighted by Crippen LogP contribution is 2.20. The average molecular weight is 288 g/mol. The number of morpholine rings is 1. The number of nitrogens with zero attached hydrogens (tertiary/aromatic N) is 4. The second-order valence-electron chi connectivity index (χ2n) is 4.96. The van der Waals surface area contributed by atoms with Gasteiger partial charge in [0.2, 0.25) is 11.9 Å². The zero-order valence-corrected chi connectivity index (χ0v) is 11.8. The number of hydrogen-bond donors (Lipinski definition) is 0. The predicted octanol–water partition coefficient (Wildman–Crippen LogP) is 0.0853. The van der Waals surface area contributed by atoms with Crippen molar-refractivity contribution in [2.75, 3.05) is 38.3 Å². The number of likely N-dealkylation sites (N-methyl/N-ethyl adjacent to an activating group) is 1. The fraction of sp³-hybridized carbons (Fsp3) is 0.429. The summed E-state index contributed by atoms with van der Waals surface area (Å²) in [5.74, 6) is 0.259. The minimum absolute atomic E-state index is 0.0657. The van der Waals surface area contributed by atoms with Crippen LogP contribution in [0.15, 0.2) is 18.0 Å². The van der Waals surface area contributed by atoms with Crippen molar-refractivity contribution in [2.24, 2.45) is 0 Å². The van der Waals surface area contributed by atoms with Gasteiger partial charge in [-0.2, -0.15) is 0 Å². The van der Waals surface area contributed by atoms with E-state index in [4.69, 9.17) is 4.74 Å². The second kappa shape index (κ2) is 5.61. The van der Waals surface area contributed by atoms with E-state index < -0.39 is 0 Å². The smallest absolute Gasteiger partial charge is 0.234 e. The Bertz CT molecular complexity index is 608. The van der Waals surface area contributed by atoms with Gasteiger partial charge in [-0.1, -0.05) is 0 Å². The molecule has 0 N–H and O–H groups in total. The molecule has 2 aliphatic heterocycles. The Morgan fingerprint density at radius 3 is 2.71 bits per heavy atom. The molecule has 1 aromatic rings. The fourth-order valence-electron chi connectivity index (χ4n) is 2.34. The number of hydrogen-bond acceptors (Lipinski definition) is 6. The molecule has 21 heavy (non-hydrogen) atoms. The summed E-state index contributed by atoms with van der Waals surface area (Å²) in [7, 11) is 1.60. The van der Waals surface area contributed by atoms with Gasteiger partial charge in [0.1, 0.15) is 0 Å². The first kappa shape index (κ1) is 13.7. The van der Waals surface area contributed by atoms with E-state index in [0.717, 1.165) is 13.1 Å². The molecule has 110 valence electrons. The molecule has 2 saturated heterocycles. The van der Waals surface area contributed by atoms with Crippen LogP contribution >= 0.6 is 0 Å². The first-order chi connectivity index (χ1) is 10.1. The van der Waals surface area contributed by atoms with Crippen molar-refractivity contribution in [3.63, 3.8) is 0 Å². The zero-order chi connectivity index (χ0) is 14.8. The van der Waals surface area contributed by atoms with Crippen LogP contribution in [0.4, 0.5) is 5.95 Å². The normalized spacial score (nSPS) is 21.5. The third-order valence-corrected chi connectivity index (χ3v) is 3.58. The quantitative estimate of drug-likeness (QED) is 0.567. The van der Waals surface area contributed by atoms with Gasteiger partial charge in [-0.05, 0) is 12.1 Å². The summed E-state index contributed by atoms with van der Waals surface area (Å²) < 4.78 is 5.30. The number of aromatic nitrogens is 2. The van der Waals surface area contributed by atoms with Gasteiger partial charge >= 0.3 is 0 Å². The van der Waals surface area contributed by atoms with Crippen molar-refractivity contribution in [2.45, 2.75) is 6.42 Å². The van der Waals surface area contributed by atoms with E-state index in [9.17, 15) is 9.59 Å². The lowest BCUT2D eigenvalue weighted by Gasteiger charge is -2.26. The van der Waals surface area contributed by atoms with E-state index >= 15 is 0 Å². The standard InChI is InChI=1S/C14H16N4O3/c1-17-11(12(19)9-13(17)20)8-10-2-3-15-14(16-10)18-4-6-21-7-5-18/h2-3,8H,4-7,9H2,1H3/b11-8-. The summed E-state index contributed by atoms with van der Waals surface area (Å²) in [4.78, 5) is 35.4. The maximum atomic E-state index is 11.8. The summed E-state index contributed by atoms with van der Waals surface area (Å²) in [6.45, 7) is 2.81. The molecule has 0 radical (unpaired) electrons. The molecule has 0 aliphatic carbocycles. The third kappa shape index (κ3) is 2.78. The van der Waals surface area contributed by atoms with Crippen molar-refractivity contribution in [3.05, 3.63) is 23.7 Å². The van der Waals surface area contributed by atoms with Crippen molar-refractivity contribution < 1.29 is 14.3 Å². The molecule has 0 unspecified atom stereocenters. The Morgan fingerprint density at radius 2 is 2.05 bits per heavy atom. The molecule has 2 aliphatic rings. The van der Waals surface area contributed by atoms with Gasteiger partial charge in [-0.25, -0.2) is 9.97 Å². The Balaban J connectivity index is 1.86. The van der Waals surface area contributed by atoms with Gasteiger partial charge in [0.25, 0.3) is 0 Å². The number of rotatable bonds is 2. The fourth-order valence-corrected chi connectivity index (χ4v) is 2.34. The van der Waals surface area contributed by atoms with E-state index in [1.54, 1.807) is 25.4 Å². The van der Waals surface area contributed by atoms with E-state index in [1.165, 1.54) is 4.90 Å². The van der Waals surface area contributed by atoms with Crippen LogP contribution in [-0.2, 0) is 14.3 Å². The summed E-state index contributed by atoms with van der Waals surface area (Å²) in [5.41, 5.74) is 1.00. The molecule has 7 heteroatoms. The highest BCUT2D eigenvalue weighted by Gasteiger charge is 2.30. The van der Waals surface area contributed by atoms with Gasteiger partial charge in [0.05, 0.1) is 31.0 Å². The number of likely N-dealkylation sites (tertiary alicyclic amines) is 1. The summed E-state index contributed by atoms with van der Waals surface area (Å²) in [6.07, 6.45) is 3.23. The van der Waals surface area contributed by atoms with Crippen LogP contribution in [0.5, 0.6) is 0 Å². The predicted molar refractivity (Wildman–Crippen MR) is 75.4 cm³/mol. The van der Waals surface area contributed by atoms with Gasteiger partial charge < -0.3 is 14.5 Å². The van der Waals surface area contributed by atoms with Gasteiger partial charge in [0.15, 0.2) is 5.78 Å². The van der Waals surface area contributed by atoms with Gasteiger partial charge in [-0.3, -0.25) is 9.59 Å². The molecule has 0 saturated carbocycles. The van der Waals surface area contributed by atoms with Gasteiger partial charge in [0, 0.05) is 26.3 Å². The summed E-state index contributed by atoms with van der Waals surface area (Å²) in [6, 6.07) is 1.72. The first-order valence-corrected chi connectivity index (χ1v) is 6.82. The van der Waals surface area contributed by atoms with Crippen LogP contribution in [0.25, 0.3) is 6.08 Å². The molecule has 0 aromatic carbocycles. The summed E-state index contributed by atoms with van der Waals surface area (Å²) in [5, 5.41) is 0. The van der Waals surface area contributed by atoms with Crippen LogP contribution < -0.4 is 4.90 Å². The molecule has 7 nitrogen and oxygen atoms in total. The molecule has 1 amide bonds. The van der Waals surface area contributed by atoms with Crippen LogP contribution in [0.2, 0.25) is 0 Å². The molecular formula is C14H16N4O3. The average Bonchev–Trinajstić information content (AvgIpc) is 2.75. The molecule has 3 rings (SSSR count). The van der Waals surface area contributed by atoms with Crippen molar-refractivity contribution in [3.8, 4) is 0 Å². The van der Waals surface area contributed by atoms with Crippen molar-refractivity contribution in [1.82, 2.24) is 14.9 Å². The van der Waals surface area contributed by atoms with Crippen molar-refractivity contribution in [1.29, 1.82) is 0 Å².